The van der Waals surface area contributed by atoms with Crippen molar-refractivity contribution in [2.45, 2.75) is 6.92 Å². The van der Waals surface area contributed by atoms with Crippen molar-refractivity contribution in [2.24, 2.45) is 0 Å². The maximum atomic E-state index is 13.1. The number of anilines is 2. The van der Waals surface area contributed by atoms with Gasteiger partial charge in [-0.15, -0.1) is 0 Å². The molecule has 2 amide bonds. The largest absolute Gasteiger partial charge is 0.368 e. The molecular weight excluding hydrogens is 335 g/mol. The van der Waals surface area contributed by atoms with E-state index in [-0.39, 0.29) is 0 Å². The highest BCUT2D eigenvalue weighted by atomic mass is 19.1. The summed E-state index contributed by atoms with van der Waals surface area (Å²) in [4.78, 5) is 20.5. The van der Waals surface area contributed by atoms with Gasteiger partial charge in [0.05, 0.1) is 0 Å². The third kappa shape index (κ3) is 4.79. The number of hydrogen-bond donors (Lipinski definition) is 3. The van der Waals surface area contributed by atoms with Crippen molar-refractivity contribution in [3.63, 3.8) is 0 Å². The number of urea groups is 1. The first-order valence-corrected chi connectivity index (χ1v) is 8.13. The lowest BCUT2D eigenvalue weighted by molar-refractivity contribution is 0.252. The number of carbonyl (C=O) groups is 1. The lowest BCUT2D eigenvalue weighted by Crippen LogP contribution is -2.32. The quantitative estimate of drug-likeness (QED) is 0.594. The number of amides is 2. The van der Waals surface area contributed by atoms with Crippen LogP contribution >= 0.6 is 0 Å². The van der Waals surface area contributed by atoms with Crippen LogP contribution in [0.15, 0.2) is 54.9 Å². The molecule has 0 radical (unpaired) electrons. The number of nitrogens with zero attached hydrogens (tertiary/aromatic N) is 3. The van der Waals surface area contributed by atoms with Crippen LogP contribution < -0.4 is 16.0 Å². The second-order valence-corrected chi connectivity index (χ2v) is 5.57. The Balaban J connectivity index is 1.48. The highest BCUT2D eigenvalue weighted by molar-refractivity contribution is 5.89. The molecule has 26 heavy (non-hydrogen) atoms. The van der Waals surface area contributed by atoms with E-state index in [9.17, 15) is 9.18 Å². The molecule has 2 heterocycles. The SMILES string of the molecule is Cc1nc(NCCNC(=O)Nc2cccc(F)c2)cc(-n2cccc2)n1. The number of nitrogens with one attached hydrogen (secondary N) is 3. The number of carbonyl (C=O) groups excluding carboxylic acids is 1. The fraction of sp³-hybridized carbons (Fsp3) is 0.167. The summed E-state index contributed by atoms with van der Waals surface area (Å²) in [7, 11) is 0. The van der Waals surface area contributed by atoms with Gasteiger partial charge in [-0.2, -0.15) is 0 Å². The first-order chi connectivity index (χ1) is 12.6. The monoisotopic (exact) mass is 354 g/mol. The molecule has 0 aliphatic heterocycles. The van der Waals surface area contributed by atoms with Crippen LogP contribution in [0.5, 0.6) is 0 Å². The molecule has 2 aromatic heterocycles. The molecule has 3 aromatic rings. The zero-order valence-corrected chi connectivity index (χ0v) is 14.2. The molecule has 3 rings (SSSR count). The molecule has 0 unspecified atom stereocenters. The molecule has 0 saturated carbocycles. The first kappa shape index (κ1) is 17.4. The molecule has 8 heteroatoms. The van der Waals surface area contributed by atoms with E-state index in [2.05, 4.69) is 25.9 Å². The van der Waals surface area contributed by atoms with Gasteiger partial charge in [0.15, 0.2) is 0 Å². The predicted octanol–water partition coefficient (Wildman–Crippen LogP) is 2.95. The molecule has 0 spiro atoms. The Morgan fingerprint density at radius 1 is 1.12 bits per heavy atom. The predicted molar refractivity (Wildman–Crippen MR) is 98.0 cm³/mol. The van der Waals surface area contributed by atoms with Crippen molar-refractivity contribution >= 4 is 17.5 Å². The van der Waals surface area contributed by atoms with Crippen LogP contribution in [0.25, 0.3) is 5.82 Å². The topological polar surface area (TPSA) is 83.9 Å². The molecular formula is C18H19FN6O. The van der Waals surface area contributed by atoms with Crippen LogP contribution in [0.2, 0.25) is 0 Å². The lowest BCUT2D eigenvalue weighted by atomic mass is 10.3. The molecule has 0 fully saturated rings. The van der Waals surface area contributed by atoms with Gasteiger partial charge in [-0.1, -0.05) is 6.07 Å². The number of rotatable bonds is 6. The minimum atomic E-state index is -0.401. The highest BCUT2D eigenvalue weighted by Crippen LogP contribution is 2.11. The molecule has 3 N–H and O–H groups in total. The summed E-state index contributed by atoms with van der Waals surface area (Å²) < 4.78 is 15.0. The summed E-state index contributed by atoms with van der Waals surface area (Å²) in [6, 6.07) is 11.0. The maximum absolute atomic E-state index is 13.1. The van der Waals surface area contributed by atoms with Crippen molar-refractivity contribution < 1.29 is 9.18 Å². The molecule has 0 bridgehead atoms. The molecule has 0 aliphatic carbocycles. The molecule has 7 nitrogen and oxygen atoms in total. The van der Waals surface area contributed by atoms with Gasteiger partial charge in [0, 0.05) is 37.2 Å². The van der Waals surface area contributed by atoms with E-state index in [0.717, 1.165) is 5.82 Å². The van der Waals surface area contributed by atoms with Crippen LogP contribution in [0.4, 0.5) is 20.7 Å². The summed E-state index contributed by atoms with van der Waals surface area (Å²) in [5.74, 6) is 1.69. The van der Waals surface area contributed by atoms with Gasteiger partial charge in [0.25, 0.3) is 0 Å². The van der Waals surface area contributed by atoms with Crippen LogP contribution in [0.1, 0.15) is 5.82 Å². The van der Waals surface area contributed by atoms with Gasteiger partial charge >= 0.3 is 6.03 Å². The van der Waals surface area contributed by atoms with E-state index >= 15 is 0 Å². The summed E-state index contributed by atoms with van der Waals surface area (Å²) in [6.45, 7) is 2.68. The van der Waals surface area contributed by atoms with E-state index in [4.69, 9.17) is 0 Å². The van der Waals surface area contributed by atoms with E-state index in [1.807, 2.05) is 42.1 Å². The zero-order valence-electron chi connectivity index (χ0n) is 14.2. The molecule has 0 saturated heterocycles. The fourth-order valence-corrected chi connectivity index (χ4v) is 2.37. The Labute approximate surface area is 150 Å². The van der Waals surface area contributed by atoms with E-state index in [0.29, 0.717) is 30.4 Å². The van der Waals surface area contributed by atoms with Gasteiger partial charge < -0.3 is 20.5 Å². The Hall–Kier alpha value is -3.42. The minimum Gasteiger partial charge on any atom is -0.368 e. The summed E-state index contributed by atoms with van der Waals surface area (Å²) in [5.41, 5.74) is 0.401. The first-order valence-electron chi connectivity index (χ1n) is 8.13. The number of benzene rings is 1. The van der Waals surface area contributed by atoms with Crippen molar-refractivity contribution in [1.29, 1.82) is 0 Å². The van der Waals surface area contributed by atoms with E-state index < -0.39 is 11.8 Å². The smallest absolute Gasteiger partial charge is 0.319 e. The molecule has 0 aliphatic rings. The molecule has 0 atom stereocenters. The molecule has 134 valence electrons. The summed E-state index contributed by atoms with van der Waals surface area (Å²) >= 11 is 0. The average Bonchev–Trinajstić information content (AvgIpc) is 3.13. The van der Waals surface area contributed by atoms with Crippen LogP contribution in [0, 0.1) is 12.7 Å². The Morgan fingerprint density at radius 3 is 2.69 bits per heavy atom. The summed E-state index contributed by atoms with van der Waals surface area (Å²) in [6.07, 6.45) is 3.81. The average molecular weight is 354 g/mol. The third-order valence-corrected chi connectivity index (χ3v) is 3.49. The number of aryl methyl sites for hydroxylation is 1. The van der Waals surface area contributed by atoms with Crippen molar-refractivity contribution in [3.05, 3.63) is 66.5 Å². The number of hydrogen-bond acceptors (Lipinski definition) is 4. The van der Waals surface area contributed by atoms with Gasteiger partial charge in [-0.05, 0) is 37.3 Å². The van der Waals surface area contributed by atoms with Crippen molar-refractivity contribution in [1.82, 2.24) is 19.9 Å². The van der Waals surface area contributed by atoms with Crippen LogP contribution in [0.3, 0.4) is 0 Å². The second kappa shape index (κ2) is 8.11. The molecule has 1 aromatic carbocycles. The Kier molecular flexibility index (Phi) is 5.43. The van der Waals surface area contributed by atoms with Crippen molar-refractivity contribution in [2.75, 3.05) is 23.7 Å². The third-order valence-electron chi connectivity index (χ3n) is 3.49. The Bertz CT molecular complexity index is 881. The highest BCUT2D eigenvalue weighted by Gasteiger charge is 2.04. The van der Waals surface area contributed by atoms with Crippen LogP contribution in [-0.2, 0) is 0 Å². The minimum absolute atomic E-state index is 0.378. The standard InChI is InChI=1S/C18H19FN6O/c1-13-22-16(12-17(23-13)25-9-2-3-10-25)20-7-8-21-18(26)24-15-6-4-5-14(19)11-15/h2-6,9-12H,7-8H2,1H3,(H,20,22,23)(H2,21,24,26). The van der Waals surface area contributed by atoms with Crippen LogP contribution in [-0.4, -0.2) is 33.7 Å². The van der Waals surface area contributed by atoms with Gasteiger partial charge in [0.2, 0.25) is 0 Å². The summed E-state index contributed by atoms with van der Waals surface area (Å²) in [5, 5.41) is 8.41. The maximum Gasteiger partial charge on any atom is 0.319 e. The van der Waals surface area contributed by atoms with E-state index in [1.54, 1.807) is 6.07 Å². The zero-order chi connectivity index (χ0) is 18.4. The van der Waals surface area contributed by atoms with E-state index in [1.165, 1.54) is 18.2 Å². The lowest BCUT2D eigenvalue weighted by Gasteiger charge is -2.10. The number of aromatic nitrogens is 3. The van der Waals surface area contributed by atoms with Crippen molar-refractivity contribution in [3.8, 4) is 5.82 Å². The van der Waals surface area contributed by atoms with Gasteiger partial charge in [-0.3, -0.25) is 0 Å². The Morgan fingerprint density at radius 2 is 1.92 bits per heavy atom. The van der Waals surface area contributed by atoms with Gasteiger partial charge in [0.1, 0.15) is 23.3 Å². The van der Waals surface area contributed by atoms with Gasteiger partial charge in [-0.25, -0.2) is 19.2 Å². The second-order valence-electron chi connectivity index (χ2n) is 5.57. The fourth-order valence-electron chi connectivity index (χ4n) is 2.37. The normalized spacial score (nSPS) is 10.4. The number of halogens is 1.